The summed E-state index contributed by atoms with van der Waals surface area (Å²) in [5.41, 5.74) is -0.0882. The average Bonchev–Trinajstić information content (AvgIpc) is 3.29. The quantitative estimate of drug-likeness (QED) is 0.446. The molecule has 4 rings (SSSR count). The van der Waals surface area contributed by atoms with Crippen molar-refractivity contribution >= 4 is 37.0 Å². The predicted octanol–water partition coefficient (Wildman–Crippen LogP) is -0.903. The topological polar surface area (TPSA) is 162 Å². The molecule has 3 aromatic heterocycles. The maximum Gasteiger partial charge on any atom is 0.256 e. The number of hydrogen-bond acceptors (Lipinski definition) is 10. The molecule has 1 fully saturated rings. The van der Waals surface area contributed by atoms with Gasteiger partial charge >= 0.3 is 0 Å². The summed E-state index contributed by atoms with van der Waals surface area (Å²) in [6, 6.07) is 2.89. The molecule has 0 atom stereocenters. The largest absolute Gasteiger partial charge is 0.351 e. The van der Waals surface area contributed by atoms with E-state index in [0.29, 0.717) is 37.0 Å². The summed E-state index contributed by atoms with van der Waals surface area (Å²) in [7, 11) is -7.00. The molecule has 0 amide bonds. The van der Waals surface area contributed by atoms with Crippen LogP contribution in [0, 0.1) is 0 Å². The van der Waals surface area contributed by atoms with Crippen LogP contribution in [-0.2, 0) is 26.6 Å². The van der Waals surface area contributed by atoms with Gasteiger partial charge in [0.15, 0.2) is 0 Å². The minimum Gasteiger partial charge on any atom is -0.351 e. The summed E-state index contributed by atoms with van der Waals surface area (Å²) >= 11 is 0. The van der Waals surface area contributed by atoms with Crippen LogP contribution in [0.3, 0.4) is 0 Å². The lowest BCUT2D eigenvalue weighted by Gasteiger charge is -2.30. The highest BCUT2D eigenvalue weighted by Crippen LogP contribution is 2.18. The highest BCUT2D eigenvalue weighted by Gasteiger charge is 2.25. The number of fused-ring (bicyclic) bond motifs is 1. The van der Waals surface area contributed by atoms with Gasteiger partial charge in [-0.2, -0.15) is 4.98 Å². The Labute approximate surface area is 184 Å². The third-order valence-electron chi connectivity index (χ3n) is 5.23. The van der Waals surface area contributed by atoms with Gasteiger partial charge in [-0.25, -0.2) is 31.1 Å². The van der Waals surface area contributed by atoms with E-state index in [1.165, 1.54) is 21.2 Å². The van der Waals surface area contributed by atoms with Crippen LogP contribution in [0.15, 0.2) is 35.8 Å². The van der Waals surface area contributed by atoms with E-state index >= 15 is 0 Å². The van der Waals surface area contributed by atoms with Gasteiger partial charge in [-0.1, -0.05) is 0 Å². The molecule has 15 heteroatoms. The van der Waals surface area contributed by atoms with Gasteiger partial charge in [0.25, 0.3) is 15.6 Å². The van der Waals surface area contributed by atoms with Crippen LogP contribution in [0.1, 0.15) is 12.8 Å². The van der Waals surface area contributed by atoms with E-state index in [4.69, 9.17) is 0 Å². The summed E-state index contributed by atoms with van der Waals surface area (Å²) in [6.45, 7) is 0.672. The Kier molecular flexibility index (Phi) is 5.96. The minimum absolute atomic E-state index is 0.0259. The van der Waals surface area contributed by atoms with Crippen LogP contribution >= 0.6 is 0 Å². The molecule has 0 unspecified atom stereocenters. The predicted molar refractivity (Wildman–Crippen MR) is 116 cm³/mol. The van der Waals surface area contributed by atoms with E-state index in [2.05, 4.69) is 25.4 Å². The summed E-state index contributed by atoms with van der Waals surface area (Å²) < 4.78 is 51.6. The molecule has 32 heavy (non-hydrogen) atoms. The van der Waals surface area contributed by atoms with Crippen LogP contribution in [0.4, 0.5) is 5.95 Å². The molecule has 0 radical (unpaired) electrons. The number of piperidine rings is 1. The number of aromatic nitrogens is 6. The molecule has 1 saturated heterocycles. The van der Waals surface area contributed by atoms with Gasteiger partial charge in [0, 0.05) is 43.3 Å². The summed E-state index contributed by atoms with van der Waals surface area (Å²) in [5, 5.41) is 7.41. The fourth-order valence-electron chi connectivity index (χ4n) is 3.51. The Morgan fingerprint density at radius 2 is 1.91 bits per heavy atom. The normalized spacial score (nSPS) is 16.4. The Morgan fingerprint density at radius 1 is 1.16 bits per heavy atom. The summed E-state index contributed by atoms with van der Waals surface area (Å²) in [5.74, 6) is -0.0830. The van der Waals surface area contributed by atoms with E-state index in [1.54, 1.807) is 12.3 Å². The second kappa shape index (κ2) is 8.55. The maximum absolute atomic E-state index is 12.5. The van der Waals surface area contributed by atoms with Gasteiger partial charge in [0.05, 0.1) is 12.0 Å². The molecular formula is C17H22N8O5S2. The standard InChI is InChI=1S/C17H22N8O5S2/c1-31(27,28)23-6-4-14(5-7-23)21-17-19-10-13-2-3-15(26)24(16(13)22-17)8-9-32(29,30)25-12-18-11-20-25/h2-3,10-12,14H,4-9H2,1H3,(H,19,21,22). The molecule has 4 heterocycles. The third-order valence-corrected chi connectivity index (χ3v) is 7.99. The van der Waals surface area contributed by atoms with E-state index in [-0.39, 0.29) is 24.3 Å². The van der Waals surface area contributed by atoms with Gasteiger partial charge in [0.2, 0.25) is 16.0 Å². The van der Waals surface area contributed by atoms with Gasteiger partial charge in [-0.05, 0) is 18.9 Å². The number of nitrogens with one attached hydrogen (secondary N) is 1. The van der Waals surface area contributed by atoms with Crippen molar-refractivity contribution in [2.24, 2.45) is 0 Å². The van der Waals surface area contributed by atoms with Crippen molar-refractivity contribution in [3.05, 3.63) is 41.3 Å². The van der Waals surface area contributed by atoms with Gasteiger partial charge in [-0.3, -0.25) is 9.36 Å². The molecule has 1 aliphatic heterocycles. The van der Waals surface area contributed by atoms with Crippen LogP contribution in [-0.4, -0.2) is 81.0 Å². The molecule has 1 aliphatic rings. The van der Waals surface area contributed by atoms with Crippen molar-refractivity contribution in [2.75, 3.05) is 30.4 Å². The summed E-state index contributed by atoms with van der Waals surface area (Å²) in [4.78, 5) is 24.8. The zero-order valence-electron chi connectivity index (χ0n) is 17.2. The van der Waals surface area contributed by atoms with Gasteiger partial charge in [0.1, 0.15) is 18.3 Å². The fraction of sp³-hybridized carbons (Fsp3) is 0.471. The Bertz CT molecular complexity index is 1380. The molecule has 0 bridgehead atoms. The smallest absolute Gasteiger partial charge is 0.256 e. The van der Waals surface area contributed by atoms with E-state index in [1.807, 2.05) is 0 Å². The Balaban J connectivity index is 1.54. The molecule has 0 aromatic carbocycles. The molecule has 3 aromatic rings. The average molecular weight is 483 g/mol. The lowest BCUT2D eigenvalue weighted by atomic mass is 10.1. The second-order valence-electron chi connectivity index (χ2n) is 7.46. The number of sulfonamides is 1. The molecule has 13 nitrogen and oxygen atoms in total. The highest BCUT2D eigenvalue weighted by molar-refractivity contribution is 7.89. The number of rotatable bonds is 7. The van der Waals surface area contributed by atoms with Crippen LogP contribution in [0.5, 0.6) is 0 Å². The number of pyridine rings is 1. The van der Waals surface area contributed by atoms with E-state index in [9.17, 15) is 21.6 Å². The van der Waals surface area contributed by atoms with Crippen LogP contribution in [0.25, 0.3) is 11.0 Å². The van der Waals surface area contributed by atoms with E-state index in [0.717, 1.165) is 16.7 Å². The van der Waals surface area contributed by atoms with Crippen molar-refractivity contribution in [1.29, 1.82) is 0 Å². The molecule has 0 aliphatic carbocycles. The Morgan fingerprint density at radius 3 is 2.56 bits per heavy atom. The third kappa shape index (κ3) is 4.78. The minimum atomic E-state index is -3.78. The van der Waals surface area contributed by atoms with Crippen molar-refractivity contribution in [2.45, 2.75) is 25.4 Å². The van der Waals surface area contributed by atoms with Crippen molar-refractivity contribution in [3.8, 4) is 0 Å². The number of aryl methyl sites for hydroxylation is 1. The van der Waals surface area contributed by atoms with Crippen molar-refractivity contribution in [3.63, 3.8) is 0 Å². The first-order chi connectivity index (χ1) is 15.1. The maximum atomic E-state index is 12.5. The first-order valence-corrected chi connectivity index (χ1v) is 13.3. The molecule has 172 valence electrons. The monoisotopic (exact) mass is 482 g/mol. The lowest BCUT2D eigenvalue weighted by Crippen LogP contribution is -2.42. The lowest BCUT2D eigenvalue weighted by molar-refractivity contribution is 0.331. The number of hydrogen-bond donors (Lipinski definition) is 1. The van der Waals surface area contributed by atoms with Gasteiger partial charge in [-0.15, -0.1) is 9.19 Å². The van der Waals surface area contributed by atoms with Crippen molar-refractivity contribution in [1.82, 2.24) is 33.0 Å². The van der Waals surface area contributed by atoms with Crippen molar-refractivity contribution < 1.29 is 16.8 Å². The number of nitrogens with zero attached hydrogens (tertiary/aromatic N) is 7. The zero-order chi connectivity index (χ0) is 22.9. The first-order valence-electron chi connectivity index (χ1n) is 9.80. The fourth-order valence-corrected chi connectivity index (χ4v) is 5.37. The SMILES string of the molecule is CS(=O)(=O)N1CCC(Nc2ncc3ccc(=O)n(CCS(=O)(=O)n4cncn4)c3n2)CC1. The first kappa shape index (κ1) is 22.3. The summed E-state index contributed by atoms with van der Waals surface area (Å²) in [6.07, 6.45) is 6.12. The molecule has 0 spiro atoms. The van der Waals surface area contributed by atoms with Crippen LogP contribution in [0.2, 0.25) is 0 Å². The second-order valence-corrected chi connectivity index (χ2v) is 11.4. The molecular weight excluding hydrogens is 460 g/mol. The zero-order valence-corrected chi connectivity index (χ0v) is 18.8. The van der Waals surface area contributed by atoms with E-state index < -0.39 is 25.6 Å². The highest BCUT2D eigenvalue weighted by atomic mass is 32.2. The van der Waals surface area contributed by atoms with Gasteiger partial charge < -0.3 is 5.32 Å². The molecule has 1 N–H and O–H groups in total. The van der Waals surface area contributed by atoms with Crippen LogP contribution < -0.4 is 10.9 Å². The molecule has 0 saturated carbocycles. The number of anilines is 1. The Hall–Kier alpha value is -2.91.